The second-order valence-corrected chi connectivity index (χ2v) is 7.67. The van der Waals surface area contributed by atoms with Crippen molar-refractivity contribution in [2.45, 2.75) is 83.7 Å². The van der Waals surface area contributed by atoms with Gasteiger partial charge in [-0.05, 0) is 62.7 Å². The van der Waals surface area contributed by atoms with E-state index < -0.39 is 5.97 Å². The molecule has 0 radical (unpaired) electrons. The van der Waals surface area contributed by atoms with E-state index in [1.54, 1.807) is 0 Å². The zero-order valence-electron chi connectivity index (χ0n) is 15.1. The first-order valence-electron chi connectivity index (χ1n) is 9.86. The van der Waals surface area contributed by atoms with Crippen molar-refractivity contribution in [1.29, 1.82) is 0 Å². The Hall–Kier alpha value is -1.09. The van der Waals surface area contributed by atoms with Crippen molar-refractivity contribution < 1.29 is 15.0 Å². The summed E-state index contributed by atoms with van der Waals surface area (Å²) < 4.78 is 0. The lowest BCUT2D eigenvalue weighted by molar-refractivity contribution is -0.137. The van der Waals surface area contributed by atoms with Gasteiger partial charge in [0.1, 0.15) is 0 Å². The number of hydrogen-bond donors (Lipinski definition) is 2. The van der Waals surface area contributed by atoms with E-state index in [0.717, 1.165) is 37.5 Å². The van der Waals surface area contributed by atoms with E-state index in [4.69, 9.17) is 5.11 Å². The highest BCUT2D eigenvalue weighted by Crippen LogP contribution is 2.50. The van der Waals surface area contributed by atoms with Gasteiger partial charge in [-0.3, -0.25) is 4.79 Å². The highest BCUT2D eigenvalue weighted by atomic mass is 16.4. The molecule has 2 rings (SSSR count). The van der Waals surface area contributed by atoms with Crippen LogP contribution in [0.2, 0.25) is 0 Å². The molecule has 0 bridgehead atoms. The van der Waals surface area contributed by atoms with Gasteiger partial charge in [0, 0.05) is 6.42 Å². The third-order valence-corrected chi connectivity index (χ3v) is 5.76. The number of carboxylic acid groups (broad SMARTS) is 1. The van der Waals surface area contributed by atoms with Crippen LogP contribution >= 0.6 is 0 Å². The van der Waals surface area contributed by atoms with Crippen molar-refractivity contribution >= 4 is 5.97 Å². The molecule has 2 aliphatic carbocycles. The first kappa shape index (κ1) is 19.2. The molecular weight excluding hydrogens is 300 g/mol. The van der Waals surface area contributed by atoms with Crippen LogP contribution in [0.5, 0.6) is 0 Å². The molecule has 2 N–H and O–H groups in total. The molecule has 0 aliphatic heterocycles. The normalized spacial score (nSPS) is 29.4. The molecular formula is C21H34O3. The molecule has 0 aromatic carbocycles. The summed E-state index contributed by atoms with van der Waals surface area (Å²) >= 11 is 0. The first-order chi connectivity index (χ1) is 11.6. The van der Waals surface area contributed by atoms with Crippen LogP contribution in [-0.4, -0.2) is 22.3 Å². The van der Waals surface area contributed by atoms with Crippen molar-refractivity contribution in [3.8, 4) is 0 Å². The number of carboxylic acids is 1. The Morgan fingerprint density at radius 2 is 2.08 bits per heavy atom. The predicted octanol–water partition coefficient (Wildman–Crippen LogP) is 5.10. The number of hydrogen-bond acceptors (Lipinski definition) is 2. The Labute approximate surface area is 146 Å². The summed E-state index contributed by atoms with van der Waals surface area (Å²) in [5.41, 5.74) is 1.54. The fourth-order valence-corrected chi connectivity index (χ4v) is 4.41. The van der Waals surface area contributed by atoms with E-state index in [-0.39, 0.29) is 12.5 Å². The number of carbonyl (C=O) groups is 1. The molecule has 3 heteroatoms. The minimum Gasteiger partial charge on any atom is -0.481 e. The molecule has 0 amide bonds. The lowest BCUT2D eigenvalue weighted by Crippen LogP contribution is -2.08. The van der Waals surface area contributed by atoms with E-state index in [9.17, 15) is 9.90 Å². The number of unbranched alkanes of at least 4 members (excludes halogenated alkanes) is 3. The molecule has 4 atom stereocenters. The second kappa shape index (κ2) is 10.0. The SMILES string of the molecule is CCCCC[C@H](O)/C=C/[C@H]1CC[C@@H]2C/C(=C/CCCC(=O)O)C[C@@H]21. The van der Waals surface area contributed by atoms with Gasteiger partial charge in [0.15, 0.2) is 0 Å². The number of aliphatic carboxylic acids is 1. The summed E-state index contributed by atoms with van der Waals surface area (Å²) in [6.45, 7) is 2.19. The standard InChI is InChI=1S/C21H34O3/c1-2-3-4-8-19(22)13-12-17-10-11-18-14-16(15-20(17)18)7-5-6-9-21(23)24/h7,12-13,17-20,22H,2-6,8-11,14-15H2,1H3,(H,23,24)/b13-12+,16-7-/t17-,18-,19+,20-/m1/s1. The van der Waals surface area contributed by atoms with Crippen LogP contribution < -0.4 is 0 Å². The van der Waals surface area contributed by atoms with Crippen LogP contribution in [-0.2, 0) is 4.79 Å². The van der Waals surface area contributed by atoms with Crippen LogP contribution in [0.3, 0.4) is 0 Å². The van der Waals surface area contributed by atoms with Gasteiger partial charge in [-0.25, -0.2) is 0 Å². The molecule has 0 heterocycles. The third-order valence-electron chi connectivity index (χ3n) is 5.76. The Morgan fingerprint density at radius 3 is 2.83 bits per heavy atom. The maximum atomic E-state index is 10.6. The number of rotatable bonds is 10. The topological polar surface area (TPSA) is 57.5 Å². The predicted molar refractivity (Wildman–Crippen MR) is 97.8 cm³/mol. The zero-order valence-corrected chi connectivity index (χ0v) is 15.1. The summed E-state index contributed by atoms with van der Waals surface area (Å²) in [4.78, 5) is 10.6. The largest absolute Gasteiger partial charge is 0.481 e. The monoisotopic (exact) mass is 334 g/mol. The second-order valence-electron chi connectivity index (χ2n) is 7.67. The van der Waals surface area contributed by atoms with Crippen LogP contribution in [0.1, 0.15) is 77.6 Å². The van der Waals surface area contributed by atoms with Crippen LogP contribution in [0.4, 0.5) is 0 Å². The van der Waals surface area contributed by atoms with Gasteiger partial charge in [0.05, 0.1) is 6.10 Å². The van der Waals surface area contributed by atoms with Crippen molar-refractivity contribution in [2.75, 3.05) is 0 Å². The molecule has 136 valence electrons. The van der Waals surface area contributed by atoms with Gasteiger partial charge in [-0.15, -0.1) is 0 Å². The third kappa shape index (κ3) is 6.08. The molecule has 0 saturated heterocycles. The van der Waals surface area contributed by atoms with E-state index in [2.05, 4.69) is 19.1 Å². The molecule has 3 nitrogen and oxygen atoms in total. The maximum Gasteiger partial charge on any atom is 0.303 e. The van der Waals surface area contributed by atoms with E-state index in [1.165, 1.54) is 44.1 Å². The number of aliphatic hydroxyl groups excluding tert-OH is 1. The van der Waals surface area contributed by atoms with Gasteiger partial charge in [-0.1, -0.05) is 50.0 Å². The summed E-state index contributed by atoms with van der Waals surface area (Å²) in [5.74, 6) is 1.48. The van der Waals surface area contributed by atoms with Gasteiger partial charge in [-0.2, -0.15) is 0 Å². The smallest absolute Gasteiger partial charge is 0.303 e. The Bertz CT molecular complexity index is 452. The lowest BCUT2D eigenvalue weighted by atomic mass is 9.91. The van der Waals surface area contributed by atoms with Gasteiger partial charge in [0.2, 0.25) is 0 Å². The van der Waals surface area contributed by atoms with Gasteiger partial charge >= 0.3 is 5.97 Å². The van der Waals surface area contributed by atoms with Gasteiger partial charge in [0.25, 0.3) is 0 Å². The van der Waals surface area contributed by atoms with Gasteiger partial charge < -0.3 is 10.2 Å². The highest BCUT2D eigenvalue weighted by Gasteiger charge is 2.39. The molecule has 0 spiro atoms. The van der Waals surface area contributed by atoms with E-state index in [1.807, 2.05) is 6.08 Å². The lowest BCUT2D eigenvalue weighted by Gasteiger charge is -2.15. The minimum atomic E-state index is -0.695. The zero-order chi connectivity index (χ0) is 17.4. The molecule has 2 fully saturated rings. The van der Waals surface area contributed by atoms with Crippen molar-refractivity contribution in [2.24, 2.45) is 17.8 Å². The molecule has 0 aromatic rings. The fraction of sp³-hybridized carbons (Fsp3) is 0.762. The first-order valence-corrected chi connectivity index (χ1v) is 9.86. The van der Waals surface area contributed by atoms with Crippen molar-refractivity contribution in [1.82, 2.24) is 0 Å². The summed E-state index contributed by atoms with van der Waals surface area (Å²) in [5, 5.41) is 18.8. The molecule has 24 heavy (non-hydrogen) atoms. The number of aliphatic hydroxyl groups is 1. The van der Waals surface area contributed by atoms with Crippen molar-refractivity contribution in [3.05, 3.63) is 23.8 Å². The minimum absolute atomic E-state index is 0.275. The maximum absolute atomic E-state index is 10.6. The molecule has 0 aromatic heterocycles. The Morgan fingerprint density at radius 1 is 1.25 bits per heavy atom. The van der Waals surface area contributed by atoms with E-state index in [0.29, 0.717) is 5.92 Å². The molecule has 2 saturated carbocycles. The highest BCUT2D eigenvalue weighted by molar-refractivity contribution is 5.66. The van der Waals surface area contributed by atoms with Crippen molar-refractivity contribution in [3.63, 3.8) is 0 Å². The summed E-state index contributed by atoms with van der Waals surface area (Å²) in [7, 11) is 0. The van der Waals surface area contributed by atoms with Crippen LogP contribution in [0.15, 0.2) is 23.8 Å². The number of fused-ring (bicyclic) bond motifs is 1. The van der Waals surface area contributed by atoms with E-state index >= 15 is 0 Å². The fourth-order valence-electron chi connectivity index (χ4n) is 4.41. The Kier molecular flexibility index (Phi) is 8.04. The molecule has 0 unspecified atom stereocenters. The Balaban J connectivity index is 1.75. The van der Waals surface area contributed by atoms with Crippen LogP contribution in [0.25, 0.3) is 0 Å². The average Bonchev–Trinajstić information content (AvgIpc) is 3.10. The average molecular weight is 335 g/mol. The van der Waals surface area contributed by atoms with Crippen LogP contribution in [0, 0.1) is 17.8 Å². The summed E-state index contributed by atoms with van der Waals surface area (Å²) in [6, 6.07) is 0. The summed E-state index contributed by atoms with van der Waals surface area (Å²) in [6.07, 6.45) is 17.6. The molecule has 2 aliphatic rings. The quantitative estimate of drug-likeness (QED) is 0.431. The number of allylic oxidation sites excluding steroid dienone is 3.